The molecule has 3 aromatic heterocycles. The van der Waals surface area contributed by atoms with Gasteiger partial charge in [0, 0.05) is 38.2 Å². The van der Waals surface area contributed by atoms with Crippen molar-refractivity contribution in [3.8, 4) is 34.2 Å². The molecule has 0 amide bonds. The highest BCUT2D eigenvalue weighted by Crippen LogP contribution is 2.39. The summed E-state index contributed by atoms with van der Waals surface area (Å²) in [6.45, 7) is 0. The first kappa shape index (κ1) is 27.5. The Morgan fingerprint density at radius 1 is 0.286 bits per heavy atom. The van der Waals surface area contributed by atoms with Crippen LogP contribution in [0.1, 0.15) is 0 Å². The minimum Gasteiger partial charge on any atom is -0.308 e. The highest BCUT2D eigenvalue weighted by Gasteiger charge is 2.17. The normalized spacial score (nSPS) is 11.7. The van der Waals surface area contributed by atoms with Gasteiger partial charge in [0.05, 0.1) is 16.6 Å². The van der Waals surface area contributed by atoms with Gasteiger partial charge in [-0.1, -0.05) is 146 Å². The lowest BCUT2D eigenvalue weighted by Crippen LogP contribution is -2.00. The van der Waals surface area contributed by atoms with Crippen LogP contribution in [0.5, 0.6) is 0 Å². The van der Waals surface area contributed by atoms with Crippen LogP contribution in [-0.2, 0) is 0 Å². The summed E-state index contributed by atoms with van der Waals surface area (Å²) in [5.41, 5.74) is 6.33. The quantitative estimate of drug-likeness (QED) is 0.196. The molecule has 0 spiro atoms. The van der Waals surface area contributed by atoms with Crippen LogP contribution in [0.15, 0.2) is 170 Å². The fraction of sp³-hybridized carbons (Fsp3) is 0. The third-order valence-electron chi connectivity index (χ3n) is 9.61. The molecule has 0 radical (unpaired) electrons. The number of nitrogens with zero attached hydrogens (tertiary/aromatic N) is 4. The Kier molecular flexibility index (Phi) is 6.15. The van der Waals surface area contributed by atoms with Crippen molar-refractivity contribution in [2.45, 2.75) is 0 Å². The Bertz CT molecular complexity index is 2870. The van der Waals surface area contributed by atoms with Crippen molar-refractivity contribution in [3.63, 3.8) is 0 Å². The fourth-order valence-corrected chi connectivity index (χ4v) is 7.42. The molecule has 7 aromatic carbocycles. The van der Waals surface area contributed by atoms with Gasteiger partial charge in [0.15, 0.2) is 17.5 Å². The molecular formula is C45H28N4. The Labute approximate surface area is 282 Å². The predicted octanol–water partition coefficient (Wildman–Crippen LogP) is 11.5. The number of fused-ring (bicyclic) bond motifs is 10. The van der Waals surface area contributed by atoms with E-state index in [1.54, 1.807) is 0 Å². The van der Waals surface area contributed by atoms with Crippen molar-refractivity contribution >= 4 is 59.6 Å². The van der Waals surface area contributed by atoms with Crippen molar-refractivity contribution in [3.05, 3.63) is 170 Å². The van der Waals surface area contributed by atoms with Crippen LogP contribution in [0.25, 0.3) is 93.8 Å². The van der Waals surface area contributed by atoms with E-state index in [9.17, 15) is 0 Å². The number of hydrogen-bond acceptors (Lipinski definition) is 3. The summed E-state index contributed by atoms with van der Waals surface area (Å²) < 4.78 is 2.45. The molecule has 0 atom stereocenters. The molecule has 3 heterocycles. The first-order chi connectivity index (χ1) is 24.3. The maximum absolute atomic E-state index is 5.05. The first-order valence-corrected chi connectivity index (χ1v) is 16.5. The van der Waals surface area contributed by atoms with E-state index in [4.69, 9.17) is 15.0 Å². The fourth-order valence-electron chi connectivity index (χ4n) is 7.42. The molecule has 0 bridgehead atoms. The van der Waals surface area contributed by atoms with Gasteiger partial charge in [-0.25, -0.2) is 15.0 Å². The van der Waals surface area contributed by atoms with Crippen molar-refractivity contribution in [1.29, 1.82) is 0 Å². The van der Waals surface area contributed by atoms with Crippen LogP contribution in [0.4, 0.5) is 0 Å². The monoisotopic (exact) mass is 624 g/mol. The third kappa shape index (κ3) is 4.35. The second-order valence-electron chi connectivity index (χ2n) is 12.4. The van der Waals surface area contributed by atoms with Crippen molar-refractivity contribution < 1.29 is 0 Å². The van der Waals surface area contributed by atoms with E-state index in [-0.39, 0.29) is 0 Å². The summed E-state index contributed by atoms with van der Waals surface area (Å²) in [5.74, 6) is 1.95. The standard InChI is InChI=1S/C45H28N4/c1-3-14-29(15-4-1)43-46-44(30-16-5-2-6-17-30)48-45(47-43)31-26-27-41-39(28-31)38-24-13-23-37-35-21-10-8-19-33(35)32-18-7-9-20-34(32)36-22-11-12-25-40(36)49(41)42(37)38/h1-28H. The van der Waals surface area contributed by atoms with E-state index >= 15 is 0 Å². The van der Waals surface area contributed by atoms with Crippen molar-refractivity contribution in [2.75, 3.05) is 0 Å². The summed E-state index contributed by atoms with van der Waals surface area (Å²) in [6.07, 6.45) is 0. The number of para-hydroxylation sites is 2. The lowest BCUT2D eigenvalue weighted by atomic mass is 10.0. The molecule has 0 N–H and O–H groups in total. The molecule has 0 aliphatic heterocycles. The molecule has 0 unspecified atom stereocenters. The molecule has 0 fully saturated rings. The van der Waals surface area contributed by atoms with Crippen LogP contribution in [0.3, 0.4) is 0 Å². The van der Waals surface area contributed by atoms with Crippen molar-refractivity contribution in [1.82, 2.24) is 19.4 Å². The minimum absolute atomic E-state index is 0.646. The maximum atomic E-state index is 5.05. The van der Waals surface area contributed by atoms with E-state index in [0.717, 1.165) is 33.1 Å². The van der Waals surface area contributed by atoms with Gasteiger partial charge < -0.3 is 4.40 Å². The molecule has 0 aliphatic rings. The van der Waals surface area contributed by atoms with Crippen LogP contribution >= 0.6 is 0 Å². The smallest absolute Gasteiger partial charge is 0.164 e. The largest absolute Gasteiger partial charge is 0.308 e. The molecule has 10 rings (SSSR count). The predicted molar refractivity (Wildman–Crippen MR) is 203 cm³/mol. The van der Waals surface area contributed by atoms with Gasteiger partial charge in [0.1, 0.15) is 0 Å². The molecule has 228 valence electrons. The molecule has 4 nitrogen and oxygen atoms in total. The molecule has 0 aliphatic carbocycles. The number of hydrogen-bond donors (Lipinski definition) is 0. The third-order valence-corrected chi connectivity index (χ3v) is 9.61. The number of rotatable bonds is 3. The van der Waals surface area contributed by atoms with Gasteiger partial charge in [0.25, 0.3) is 0 Å². The first-order valence-electron chi connectivity index (χ1n) is 16.5. The molecule has 49 heavy (non-hydrogen) atoms. The molecular weight excluding hydrogens is 597 g/mol. The van der Waals surface area contributed by atoms with E-state index in [2.05, 4.69) is 114 Å². The zero-order valence-corrected chi connectivity index (χ0v) is 26.5. The van der Waals surface area contributed by atoms with Gasteiger partial charge >= 0.3 is 0 Å². The lowest BCUT2D eigenvalue weighted by molar-refractivity contribution is 1.07. The Hall–Kier alpha value is -6.65. The average molecular weight is 625 g/mol. The van der Waals surface area contributed by atoms with Gasteiger partial charge in [0.2, 0.25) is 0 Å². The average Bonchev–Trinajstić information content (AvgIpc) is 3.53. The summed E-state index contributed by atoms with van der Waals surface area (Å²) in [6, 6.07) is 59.9. The second-order valence-corrected chi connectivity index (χ2v) is 12.4. The molecule has 10 aromatic rings. The van der Waals surface area contributed by atoms with E-state index in [1.165, 1.54) is 43.2 Å². The second kappa shape index (κ2) is 11.0. The Balaban J connectivity index is 1.35. The Morgan fingerprint density at radius 2 is 0.694 bits per heavy atom. The summed E-state index contributed by atoms with van der Waals surface area (Å²) in [7, 11) is 0. The van der Waals surface area contributed by atoms with Gasteiger partial charge in [-0.15, -0.1) is 0 Å². The SMILES string of the molecule is c1ccc(-c2nc(-c3ccccc3)nc(-c3ccc4c(c3)c3cccc5c6ccccc6c6ccccc6c6ccccc6n4c53)n2)cc1. The summed E-state index contributed by atoms with van der Waals surface area (Å²) in [4.78, 5) is 15.0. The highest BCUT2D eigenvalue weighted by molar-refractivity contribution is 6.25. The topological polar surface area (TPSA) is 43.1 Å². The maximum Gasteiger partial charge on any atom is 0.164 e. The molecule has 4 heteroatoms. The van der Waals surface area contributed by atoms with Gasteiger partial charge in [-0.05, 0) is 45.8 Å². The van der Waals surface area contributed by atoms with Crippen molar-refractivity contribution in [2.24, 2.45) is 0 Å². The Morgan fingerprint density at radius 3 is 1.29 bits per heavy atom. The van der Waals surface area contributed by atoms with Crippen LogP contribution in [0.2, 0.25) is 0 Å². The molecule has 0 saturated heterocycles. The van der Waals surface area contributed by atoms with E-state index in [1.807, 2.05) is 60.7 Å². The van der Waals surface area contributed by atoms with E-state index in [0.29, 0.717) is 17.5 Å². The minimum atomic E-state index is 0.646. The van der Waals surface area contributed by atoms with Gasteiger partial charge in [-0.2, -0.15) is 0 Å². The zero-order valence-electron chi connectivity index (χ0n) is 26.5. The molecule has 0 saturated carbocycles. The van der Waals surface area contributed by atoms with Crippen LogP contribution < -0.4 is 0 Å². The number of aromatic nitrogens is 4. The number of benzene rings is 7. The highest BCUT2D eigenvalue weighted by atomic mass is 15.0. The van der Waals surface area contributed by atoms with Crippen LogP contribution in [-0.4, -0.2) is 19.4 Å². The van der Waals surface area contributed by atoms with Gasteiger partial charge in [-0.3, -0.25) is 0 Å². The zero-order chi connectivity index (χ0) is 32.3. The van der Waals surface area contributed by atoms with Crippen LogP contribution in [0, 0.1) is 0 Å². The lowest BCUT2D eigenvalue weighted by Gasteiger charge is -2.09. The summed E-state index contributed by atoms with van der Waals surface area (Å²) >= 11 is 0. The summed E-state index contributed by atoms with van der Waals surface area (Å²) in [5, 5.41) is 9.64. The van der Waals surface area contributed by atoms with E-state index < -0.39 is 0 Å².